The third-order valence-corrected chi connectivity index (χ3v) is 3.00. The molecular weight excluding hydrogens is 166 g/mol. The van der Waals surface area contributed by atoms with Crippen LogP contribution < -0.4 is 5.32 Å². The minimum absolute atomic E-state index is 0.110. The number of nitrogens with one attached hydrogen (secondary N) is 1. The van der Waals surface area contributed by atoms with Crippen LogP contribution in [-0.4, -0.2) is 24.7 Å². The summed E-state index contributed by atoms with van der Waals surface area (Å²) in [5.41, 5.74) is 0. The molecular formula is C10H17NO2. The zero-order valence-electron chi connectivity index (χ0n) is 8.08. The van der Waals surface area contributed by atoms with E-state index >= 15 is 0 Å². The van der Waals surface area contributed by atoms with Crippen LogP contribution in [0.4, 0.5) is 0 Å². The van der Waals surface area contributed by atoms with Gasteiger partial charge < -0.3 is 10.1 Å². The molecule has 3 nitrogen and oxygen atoms in total. The van der Waals surface area contributed by atoms with Crippen molar-refractivity contribution in [3.8, 4) is 0 Å². The van der Waals surface area contributed by atoms with Crippen LogP contribution in [0.3, 0.4) is 0 Å². The quantitative estimate of drug-likeness (QED) is 0.711. The predicted octanol–water partition coefficient (Wildman–Crippen LogP) is 1.08. The molecule has 1 saturated heterocycles. The first-order valence-corrected chi connectivity index (χ1v) is 5.23. The maximum atomic E-state index is 11.5. The molecule has 0 aromatic carbocycles. The first-order chi connectivity index (χ1) is 6.31. The van der Waals surface area contributed by atoms with Crippen LogP contribution in [0.1, 0.15) is 32.6 Å². The Bertz CT molecular complexity index is 199. The van der Waals surface area contributed by atoms with Crippen molar-refractivity contribution < 1.29 is 9.53 Å². The van der Waals surface area contributed by atoms with Gasteiger partial charge in [0.05, 0.1) is 0 Å². The number of hydrogen-bond donors (Lipinski definition) is 1. The molecule has 0 aromatic rings. The monoisotopic (exact) mass is 183 g/mol. The summed E-state index contributed by atoms with van der Waals surface area (Å²) in [5.74, 6) is 0.837. The van der Waals surface area contributed by atoms with E-state index in [9.17, 15) is 4.79 Å². The summed E-state index contributed by atoms with van der Waals surface area (Å²) in [6, 6.07) is 0.446. The van der Waals surface area contributed by atoms with Crippen molar-refractivity contribution in [2.24, 2.45) is 5.92 Å². The summed E-state index contributed by atoms with van der Waals surface area (Å²) in [4.78, 5) is 11.5. The van der Waals surface area contributed by atoms with Crippen LogP contribution in [0, 0.1) is 5.92 Å². The normalized spacial score (nSPS) is 37.5. The van der Waals surface area contributed by atoms with Gasteiger partial charge >= 0.3 is 0 Å². The molecule has 0 aromatic heterocycles. The van der Waals surface area contributed by atoms with Gasteiger partial charge in [-0.2, -0.15) is 0 Å². The van der Waals surface area contributed by atoms with Crippen molar-refractivity contribution in [3.05, 3.63) is 0 Å². The molecule has 0 radical (unpaired) electrons. The van der Waals surface area contributed by atoms with Gasteiger partial charge in [0.2, 0.25) is 5.91 Å². The van der Waals surface area contributed by atoms with Gasteiger partial charge in [0.15, 0.2) is 0 Å². The van der Waals surface area contributed by atoms with Gasteiger partial charge in [0.1, 0.15) is 6.10 Å². The summed E-state index contributed by atoms with van der Waals surface area (Å²) in [6.45, 7) is 2.92. The van der Waals surface area contributed by atoms with E-state index in [2.05, 4.69) is 12.2 Å². The van der Waals surface area contributed by atoms with Gasteiger partial charge in [-0.1, -0.05) is 13.3 Å². The highest BCUT2D eigenvalue weighted by molar-refractivity contribution is 5.81. The minimum Gasteiger partial charge on any atom is -0.368 e. The zero-order valence-corrected chi connectivity index (χ0v) is 8.08. The number of rotatable bonds is 3. The van der Waals surface area contributed by atoms with Gasteiger partial charge in [-0.05, 0) is 25.2 Å². The molecule has 74 valence electrons. The lowest BCUT2D eigenvalue weighted by Crippen LogP contribution is -2.36. The Balaban J connectivity index is 1.72. The molecule has 2 aliphatic rings. The van der Waals surface area contributed by atoms with Crippen molar-refractivity contribution >= 4 is 5.91 Å². The predicted molar refractivity (Wildman–Crippen MR) is 49.3 cm³/mol. The summed E-state index contributed by atoms with van der Waals surface area (Å²) < 4.78 is 5.30. The molecule has 1 aliphatic carbocycles. The Morgan fingerprint density at radius 1 is 1.62 bits per heavy atom. The summed E-state index contributed by atoms with van der Waals surface area (Å²) in [5, 5.41) is 3.03. The van der Waals surface area contributed by atoms with E-state index in [0.717, 1.165) is 31.8 Å². The highest BCUT2D eigenvalue weighted by Crippen LogP contribution is 2.33. The molecule has 0 bridgehead atoms. The Hall–Kier alpha value is -0.570. The van der Waals surface area contributed by atoms with Crippen molar-refractivity contribution in [2.75, 3.05) is 6.61 Å². The lowest BCUT2D eigenvalue weighted by molar-refractivity contribution is -0.130. The molecule has 1 N–H and O–H groups in total. The van der Waals surface area contributed by atoms with Crippen LogP contribution in [-0.2, 0) is 9.53 Å². The molecule has 3 atom stereocenters. The zero-order chi connectivity index (χ0) is 9.26. The highest BCUT2D eigenvalue weighted by atomic mass is 16.5. The van der Waals surface area contributed by atoms with Gasteiger partial charge in [-0.25, -0.2) is 0 Å². The maximum Gasteiger partial charge on any atom is 0.249 e. The Morgan fingerprint density at radius 2 is 2.46 bits per heavy atom. The number of carbonyl (C=O) groups is 1. The number of amides is 1. The molecule has 0 spiro atoms. The first kappa shape index (κ1) is 9.00. The fourth-order valence-electron chi connectivity index (χ4n) is 1.94. The summed E-state index contributed by atoms with van der Waals surface area (Å²) in [6.07, 6.45) is 4.11. The minimum atomic E-state index is -0.155. The average molecular weight is 183 g/mol. The van der Waals surface area contributed by atoms with Gasteiger partial charge in [0, 0.05) is 12.6 Å². The van der Waals surface area contributed by atoms with Crippen LogP contribution in [0.2, 0.25) is 0 Å². The van der Waals surface area contributed by atoms with Crippen molar-refractivity contribution in [2.45, 2.75) is 44.8 Å². The maximum absolute atomic E-state index is 11.5. The summed E-state index contributed by atoms with van der Waals surface area (Å²) in [7, 11) is 0. The number of hydrogen-bond acceptors (Lipinski definition) is 2. The molecule has 2 rings (SSSR count). The van der Waals surface area contributed by atoms with E-state index in [1.165, 1.54) is 6.42 Å². The lowest BCUT2D eigenvalue weighted by atomic mass is 10.2. The van der Waals surface area contributed by atoms with E-state index < -0.39 is 0 Å². The molecule has 1 saturated carbocycles. The molecule has 13 heavy (non-hydrogen) atoms. The van der Waals surface area contributed by atoms with E-state index in [4.69, 9.17) is 4.74 Å². The van der Waals surface area contributed by atoms with Gasteiger partial charge in [0.25, 0.3) is 0 Å². The van der Waals surface area contributed by atoms with Crippen LogP contribution in [0.25, 0.3) is 0 Å². The largest absolute Gasteiger partial charge is 0.368 e. The van der Waals surface area contributed by atoms with Crippen molar-refractivity contribution in [1.29, 1.82) is 0 Å². The van der Waals surface area contributed by atoms with E-state index in [1.54, 1.807) is 0 Å². The third kappa shape index (κ3) is 2.02. The molecule has 1 amide bonds. The topological polar surface area (TPSA) is 38.3 Å². The van der Waals surface area contributed by atoms with E-state index in [0.29, 0.717) is 6.04 Å². The Kier molecular flexibility index (Phi) is 2.54. The van der Waals surface area contributed by atoms with Crippen LogP contribution >= 0.6 is 0 Å². The second kappa shape index (κ2) is 3.66. The van der Waals surface area contributed by atoms with Crippen LogP contribution in [0.5, 0.6) is 0 Å². The van der Waals surface area contributed by atoms with E-state index in [-0.39, 0.29) is 12.0 Å². The Labute approximate surface area is 78.8 Å². The second-order valence-electron chi connectivity index (χ2n) is 4.02. The number of carbonyl (C=O) groups excluding carboxylic acids is 1. The summed E-state index contributed by atoms with van der Waals surface area (Å²) >= 11 is 0. The molecule has 3 heteroatoms. The SMILES string of the molecule is CCC1CC1NC(=O)[C@H]1CCCO1. The Morgan fingerprint density at radius 3 is 3.00 bits per heavy atom. The molecule has 2 fully saturated rings. The lowest BCUT2D eigenvalue weighted by Gasteiger charge is -2.09. The molecule has 1 heterocycles. The average Bonchev–Trinajstić information content (AvgIpc) is 2.68. The molecule has 1 aliphatic heterocycles. The highest BCUT2D eigenvalue weighted by Gasteiger charge is 2.38. The molecule has 2 unspecified atom stereocenters. The third-order valence-electron chi connectivity index (χ3n) is 3.00. The fraction of sp³-hybridized carbons (Fsp3) is 0.900. The fourth-order valence-corrected chi connectivity index (χ4v) is 1.94. The smallest absolute Gasteiger partial charge is 0.249 e. The van der Waals surface area contributed by atoms with Crippen LogP contribution in [0.15, 0.2) is 0 Å². The van der Waals surface area contributed by atoms with Gasteiger partial charge in [-0.15, -0.1) is 0 Å². The standard InChI is InChI=1S/C10H17NO2/c1-2-7-6-8(7)11-10(12)9-4-3-5-13-9/h7-9H,2-6H2,1H3,(H,11,12)/t7?,8?,9-/m1/s1. The van der Waals surface area contributed by atoms with Crippen molar-refractivity contribution in [1.82, 2.24) is 5.32 Å². The van der Waals surface area contributed by atoms with Gasteiger partial charge in [-0.3, -0.25) is 4.79 Å². The first-order valence-electron chi connectivity index (χ1n) is 5.23. The number of ether oxygens (including phenoxy) is 1. The van der Waals surface area contributed by atoms with Crippen molar-refractivity contribution in [3.63, 3.8) is 0 Å². The second-order valence-corrected chi connectivity index (χ2v) is 4.02. The van der Waals surface area contributed by atoms with E-state index in [1.807, 2.05) is 0 Å².